The van der Waals surface area contributed by atoms with Crippen molar-refractivity contribution in [1.29, 1.82) is 0 Å². The highest BCUT2D eigenvalue weighted by Crippen LogP contribution is 2.84. The van der Waals surface area contributed by atoms with Gasteiger partial charge in [-0.2, -0.15) is 8.42 Å². The smallest absolute Gasteiger partial charge is 0.284 e. The lowest BCUT2D eigenvalue weighted by molar-refractivity contribution is 0.470. The quantitative estimate of drug-likeness (QED) is 0.124. The Hall–Kier alpha value is 16.7. The Morgan fingerprint density at radius 3 is 0.429 bits per heavy atom. The van der Waals surface area contributed by atoms with Gasteiger partial charge in [-0.3, -0.25) is 4.55 Å². The summed E-state index contributed by atoms with van der Waals surface area (Å²) in [5.41, 5.74) is 0. The molecule has 0 aromatic heterocycles. The van der Waals surface area contributed by atoms with E-state index in [4.69, 9.17) is 0 Å². The van der Waals surface area contributed by atoms with Crippen LogP contribution in [0.15, 0.2) is 0 Å². The average Bonchev–Trinajstić information content (AvgIpc) is 2.94. The van der Waals surface area contributed by atoms with Crippen LogP contribution in [0.25, 0.3) is 0 Å². The molecule has 0 heterocycles. The average molecular weight is 3080 g/mol. The van der Waals surface area contributed by atoms with E-state index < -0.39 is 63.3 Å². The Balaban J connectivity index is 7.88. The lowest BCUT2D eigenvalue weighted by atomic mass is 10.0. The Morgan fingerprint density at radius 1 is 0.214 bits per heavy atom. The molecule has 39 heteroatoms. The monoisotopic (exact) mass is 3050 g/mol. The maximum absolute atomic E-state index is 12.6. The van der Waals surface area contributed by atoms with Crippen LogP contribution in [0.3, 0.4) is 0 Å². The standard InChI is InChI=1S/C17HBr35O3S/c18-1(19,2(20,21)4(24,25)6(28,29)8(32,33)10(36,37)12(40,41)14(44,45)16(48,49)50)3(22,23)5(26,27)7(30,31)9(34,35)11(38,39)13(42,43)15(46,47)17(51,52)56(53,54)55/h(H,53,54,55). The fourth-order valence-corrected chi connectivity index (χ4v) is 39.7. The molecule has 0 fully saturated rings. The molecule has 0 radical (unpaired) electrons. The molecule has 0 bridgehead atoms. The summed E-state index contributed by atoms with van der Waals surface area (Å²) in [5, 5.41) is 0. The van der Waals surface area contributed by atoms with Gasteiger partial charge in [0.1, 0.15) is 48.5 Å². The number of alkyl halides is 35. The highest BCUT2D eigenvalue weighted by atomic mass is 80.0. The second-order valence-electron chi connectivity index (χ2n) is 10.1. The molecule has 0 atom stereocenters. The topological polar surface area (TPSA) is 54.4 Å². The second-order valence-corrected chi connectivity index (χ2v) is 74.6. The maximum Gasteiger partial charge on any atom is 0.293 e. The van der Waals surface area contributed by atoms with Gasteiger partial charge < -0.3 is 0 Å². The van der Waals surface area contributed by atoms with Gasteiger partial charge in [0.2, 0.25) is 2.57 Å². The summed E-state index contributed by atoms with van der Waals surface area (Å²) >= 11 is 132. The minimum atomic E-state index is -4.86. The van der Waals surface area contributed by atoms with Crippen molar-refractivity contribution in [3.63, 3.8) is 0 Å². The number of rotatable bonds is 16. The zero-order valence-electron chi connectivity index (χ0n) is 23.4. The van der Waals surface area contributed by atoms with Gasteiger partial charge in [-0.1, -0.05) is 526 Å². The fraction of sp³-hybridized carbons (Fsp3) is 1.00. The van der Waals surface area contributed by atoms with Crippen LogP contribution in [0.1, 0.15) is 0 Å². The van der Waals surface area contributed by atoms with Crippen molar-refractivity contribution >= 4 is 568 Å². The van der Waals surface area contributed by atoms with E-state index in [9.17, 15) is 13.0 Å². The molecular formula is C17HBr35O3S. The first-order chi connectivity index (χ1) is 23.2. The van der Waals surface area contributed by atoms with E-state index in [1.807, 2.05) is 0 Å². The lowest BCUT2D eigenvalue weighted by Gasteiger charge is -2.62. The zero-order valence-corrected chi connectivity index (χ0v) is 79.7. The summed E-state index contributed by atoms with van der Waals surface area (Å²) in [4.78, 5) is 0. The van der Waals surface area contributed by atoms with E-state index in [1.54, 1.807) is 0 Å². The molecule has 0 saturated heterocycles. The Labute approximate surface area is 618 Å². The summed E-state index contributed by atoms with van der Waals surface area (Å²) in [6.07, 6.45) is 0. The van der Waals surface area contributed by atoms with Gasteiger partial charge in [0.05, 0.1) is 0 Å². The Kier molecular flexibility index (Phi) is 29.9. The lowest BCUT2D eigenvalue weighted by Crippen LogP contribution is -2.74. The predicted molar refractivity (Wildman–Crippen MR) is 370 cm³/mol. The van der Waals surface area contributed by atoms with Crippen molar-refractivity contribution in [1.82, 2.24) is 0 Å². The molecule has 338 valence electrons. The largest absolute Gasteiger partial charge is 0.293 e. The summed E-state index contributed by atoms with van der Waals surface area (Å²) < 4.78 is 10.8. The summed E-state index contributed by atoms with van der Waals surface area (Å²) in [6.45, 7) is 0. The van der Waals surface area contributed by atoms with Gasteiger partial charge in [-0.15, -0.1) is 0 Å². The van der Waals surface area contributed by atoms with Crippen LogP contribution in [0, 0.1) is 0 Å². The van der Waals surface area contributed by atoms with Gasteiger partial charge in [0.25, 0.3) is 10.1 Å². The summed E-state index contributed by atoms with van der Waals surface area (Å²) in [6, 6.07) is 0. The normalized spacial score (nSPS) is 17.4. The van der Waals surface area contributed by atoms with Crippen molar-refractivity contribution in [3.8, 4) is 0 Å². The third kappa shape index (κ3) is 11.9. The van der Waals surface area contributed by atoms with Crippen molar-refractivity contribution in [3.05, 3.63) is 0 Å². The molecule has 0 aliphatic rings. The van der Waals surface area contributed by atoms with Crippen molar-refractivity contribution in [2.75, 3.05) is 0 Å². The van der Waals surface area contributed by atoms with Gasteiger partial charge in [-0.25, -0.2) is 0 Å². The third-order valence-corrected chi connectivity index (χ3v) is 84.3. The first kappa shape index (κ1) is 72.7. The number of halogens is 35. The van der Waals surface area contributed by atoms with Crippen LogP contribution in [0.2, 0.25) is 0 Å². The van der Waals surface area contributed by atoms with Crippen molar-refractivity contribution < 1.29 is 13.0 Å². The number of hydrogen-bond donors (Lipinski definition) is 1. The van der Waals surface area contributed by atoms with Crippen LogP contribution < -0.4 is 0 Å². The molecule has 1 N–H and O–H groups in total. The molecule has 0 unspecified atom stereocenters. The molecule has 0 aliphatic carbocycles. The van der Waals surface area contributed by atoms with Crippen LogP contribution in [-0.4, -0.2) is 66.2 Å². The minimum Gasteiger partial charge on any atom is -0.284 e. The molecule has 0 spiro atoms. The van der Waals surface area contributed by atoms with Crippen LogP contribution in [-0.2, 0) is 10.1 Å². The molecule has 0 rings (SSSR count). The molecular weight excluding hydrogens is 3080 g/mol. The van der Waals surface area contributed by atoms with E-state index in [2.05, 4.69) is 558 Å². The molecule has 0 amide bonds. The van der Waals surface area contributed by atoms with Crippen LogP contribution in [0.4, 0.5) is 0 Å². The highest BCUT2D eigenvalue weighted by molar-refractivity contribution is 9.43. The first-order valence-corrected chi connectivity index (χ1v) is 40.5. The molecule has 0 aromatic carbocycles. The minimum absolute atomic E-state index is 0.942. The van der Waals surface area contributed by atoms with Crippen LogP contribution >= 0.6 is 558 Å². The van der Waals surface area contributed by atoms with Crippen molar-refractivity contribution in [2.45, 2.75) is 53.2 Å². The van der Waals surface area contributed by atoms with Gasteiger partial charge >= 0.3 is 0 Å². The molecule has 0 aliphatic heterocycles. The molecule has 0 aromatic rings. The summed E-state index contributed by atoms with van der Waals surface area (Å²) in [7, 11) is -4.86. The number of hydrogen-bond acceptors (Lipinski definition) is 2. The SMILES string of the molecule is O=S(=O)(O)C(Br)(Br)C(Br)(Br)C(Br)(Br)C(Br)(Br)C(Br)(Br)C(Br)(Br)C(Br)(Br)C(Br)(Br)C(Br)(Br)C(Br)(Br)C(Br)(Br)C(Br)(Br)C(Br)(Br)C(Br)(Br)C(Br)(Br)C(Br)(Br)C(Br)(Br)Br. The maximum atomic E-state index is 12.6. The van der Waals surface area contributed by atoms with Gasteiger partial charge in [-0.05, 0) is 31.9 Å². The van der Waals surface area contributed by atoms with Crippen LogP contribution in [0.5, 0.6) is 0 Å². The van der Waals surface area contributed by atoms with E-state index >= 15 is 0 Å². The Bertz CT molecular complexity index is 1580. The van der Waals surface area contributed by atoms with Gasteiger partial charge in [0.15, 0.2) is 2.14 Å². The third-order valence-electron chi connectivity index (χ3n) is 6.57. The van der Waals surface area contributed by atoms with E-state index in [0.717, 1.165) is 0 Å². The zero-order chi connectivity index (χ0) is 47.0. The predicted octanol–water partition coefficient (Wildman–Crippen LogP) is 25.4. The first-order valence-electron chi connectivity index (χ1n) is 11.3. The molecule has 0 saturated carbocycles. The van der Waals surface area contributed by atoms with E-state index in [1.165, 1.54) is 0 Å². The summed E-state index contributed by atoms with van der Waals surface area (Å²) in [5.74, 6) is 0. The van der Waals surface area contributed by atoms with Gasteiger partial charge in [0, 0.05) is 0 Å². The second kappa shape index (κ2) is 23.1. The molecule has 56 heavy (non-hydrogen) atoms. The molecule has 3 nitrogen and oxygen atoms in total. The van der Waals surface area contributed by atoms with E-state index in [-0.39, 0.29) is 0 Å². The van der Waals surface area contributed by atoms with Crippen molar-refractivity contribution in [2.24, 2.45) is 0 Å². The Morgan fingerprint density at radius 2 is 0.321 bits per heavy atom. The highest BCUT2D eigenvalue weighted by Gasteiger charge is 2.84. The van der Waals surface area contributed by atoms with E-state index in [0.29, 0.717) is 0 Å². The fourth-order valence-electron chi connectivity index (χ4n) is 3.09.